The molecule has 2 heterocycles. The Bertz CT molecular complexity index is 925. The topological polar surface area (TPSA) is 128 Å². The predicted molar refractivity (Wildman–Crippen MR) is 102 cm³/mol. The van der Waals surface area contributed by atoms with Crippen LogP contribution < -0.4 is 11.1 Å². The summed E-state index contributed by atoms with van der Waals surface area (Å²) in [5, 5.41) is 2.83. The Morgan fingerprint density at radius 3 is 2.52 bits per heavy atom. The lowest BCUT2D eigenvalue weighted by molar-refractivity contribution is 0.0564. The third-order valence-electron chi connectivity index (χ3n) is 3.90. The molecule has 1 aliphatic rings. The van der Waals surface area contributed by atoms with E-state index in [0.717, 1.165) is 6.26 Å². The minimum atomic E-state index is -3.23. The lowest BCUT2D eigenvalue weighted by Crippen LogP contribution is -2.43. The van der Waals surface area contributed by atoms with Crippen LogP contribution in [0.25, 0.3) is 11.4 Å². The summed E-state index contributed by atoms with van der Waals surface area (Å²) in [5.74, 6) is 0.323. The molecule has 0 saturated carbocycles. The molecule has 0 atom stereocenters. The van der Waals surface area contributed by atoms with Gasteiger partial charge in [-0.25, -0.2) is 23.2 Å². The molecule has 2 aromatic rings. The standard InChI is InChI=1S/C17H21N5O4S/c1-27(24,25)11-14-10-15(18)21-16(19-14)12-2-4-13(5-3-12)20-17(23)22-6-8-26-9-7-22/h2-5,10H,6-9,11H2,1H3,(H,20,23)(H2,18,19,21). The highest BCUT2D eigenvalue weighted by Crippen LogP contribution is 2.20. The number of hydrogen-bond donors (Lipinski definition) is 2. The monoisotopic (exact) mass is 391 g/mol. The number of ether oxygens (including phenoxy) is 1. The van der Waals surface area contributed by atoms with E-state index in [2.05, 4.69) is 15.3 Å². The van der Waals surface area contributed by atoms with E-state index in [4.69, 9.17) is 10.5 Å². The van der Waals surface area contributed by atoms with Gasteiger partial charge in [0.1, 0.15) is 5.82 Å². The van der Waals surface area contributed by atoms with Gasteiger partial charge >= 0.3 is 6.03 Å². The number of amides is 2. The first kappa shape index (κ1) is 19.1. The van der Waals surface area contributed by atoms with Crippen LogP contribution in [0.15, 0.2) is 30.3 Å². The predicted octanol–water partition coefficient (Wildman–Crippen LogP) is 1.13. The summed E-state index contributed by atoms with van der Waals surface area (Å²) in [6.45, 7) is 2.19. The molecule has 3 rings (SSSR count). The molecule has 1 aromatic carbocycles. The highest BCUT2D eigenvalue weighted by Gasteiger charge is 2.17. The van der Waals surface area contributed by atoms with Gasteiger partial charge in [0.25, 0.3) is 0 Å². The Hall–Kier alpha value is -2.72. The molecule has 1 fully saturated rings. The van der Waals surface area contributed by atoms with Crippen molar-refractivity contribution >= 4 is 27.4 Å². The molecule has 27 heavy (non-hydrogen) atoms. The van der Waals surface area contributed by atoms with Gasteiger partial charge in [0.05, 0.1) is 24.7 Å². The van der Waals surface area contributed by atoms with Gasteiger partial charge < -0.3 is 20.7 Å². The average molecular weight is 391 g/mol. The number of aromatic nitrogens is 2. The maximum atomic E-state index is 12.2. The number of sulfone groups is 1. The van der Waals surface area contributed by atoms with E-state index < -0.39 is 9.84 Å². The molecule has 9 nitrogen and oxygen atoms in total. The fourth-order valence-corrected chi connectivity index (χ4v) is 3.35. The zero-order valence-electron chi connectivity index (χ0n) is 14.9. The molecule has 0 radical (unpaired) electrons. The van der Waals surface area contributed by atoms with Gasteiger partial charge in [-0.15, -0.1) is 0 Å². The van der Waals surface area contributed by atoms with Crippen molar-refractivity contribution in [2.75, 3.05) is 43.6 Å². The van der Waals surface area contributed by atoms with Gasteiger partial charge in [0.15, 0.2) is 15.7 Å². The molecule has 10 heteroatoms. The Balaban J connectivity index is 1.74. The number of nitrogens with zero attached hydrogens (tertiary/aromatic N) is 3. The van der Waals surface area contributed by atoms with Crippen molar-refractivity contribution in [1.82, 2.24) is 14.9 Å². The minimum Gasteiger partial charge on any atom is -0.384 e. The summed E-state index contributed by atoms with van der Waals surface area (Å²) in [4.78, 5) is 22.3. The number of carbonyl (C=O) groups is 1. The molecular weight excluding hydrogens is 370 g/mol. The molecule has 144 valence electrons. The van der Waals surface area contributed by atoms with E-state index in [-0.39, 0.29) is 17.6 Å². The highest BCUT2D eigenvalue weighted by molar-refractivity contribution is 7.89. The van der Waals surface area contributed by atoms with Crippen molar-refractivity contribution < 1.29 is 17.9 Å². The average Bonchev–Trinajstić information content (AvgIpc) is 2.61. The molecule has 3 N–H and O–H groups in total. The number of benzene rings is 1. The van der Waals surface area contributed by atoms with Gasteiger partial charge in [-0.1, -0.05) is 0 Å². The summed E-state index contributed by atoms with van der Waals surface area (Å²) in [7, 11) is -3.23. The summed E-state index contributed by atoms with van der Waals surface area (Å²) in [6.07, 6.45) is 1.14. The van der Waals surface area contributed by atoms with E-state index >= 15 is 0 Å². The fraction of sp³-hybridized carbons (Fsp3) is 0.353. The second-order valence-electron chi connectivity index (χ2n) is 6.28. The Kier molecular flexibility index (Phi) is 5.57. The molecular formula is C17H21N5O4S. The van der Waals surface area contributed by atoms with Crippen molar-refractivity contribution in [2.24, 2.45) is 0 Å². The van der Waals surface area contributed by atoms with Crippen LogP contribution in [0.3, 0.4) is 0 Å². The summed E-state index contributed by atoms with van der Waals surface area (Å²) < 4.78 is 28.2. The first-order valence-corrected chi connectivity index (χ1v) is 10.4. The molecule has 1 aromatic heterocycles. The maximum absolute atomic E-state index is 12.2. The van der Waals surface area contributed by atoms with E-state index in [1.807, 2.05) is 0 Å². The Labute approximate surface area is 157 Å². The molecule has 2 amide bonds. The molecule has 0 bridgehead atoms. The smallest absolute Gasteiger partial charge is 0.321 e. The first-order valence-electron chi connectivity index (χ1n) is 8.35. The van der Waals surface area contributed by atoms with Crippen molar-refractivity contribution in [1.29, 1.82) is 0 Å². The number of nitrogens with two attached hydrogens (primary N) is 1. The Morgan fingerprint density at radius 1 is 1.22 bits per heavy atom. The van der Waals surface area contributed by atoms with Crippen molar-refractivity contribution in [3.63, 3.8) is 0 Å². The second kappa shape index (κ2) is 7.89. The third kappa shape index (κ3) is 5.38. The van der Waals surface area contributed by atoms with Crippen LogP contribution in [0.1, 0.15) is 5.69 Å². The first-order chi connectivity index (χ1) is 12.8. The summed E-state index contributed by atoms with van der Waals surface area (Å²) >= 11 is 0. The van der Waals surface area contributed by atoms with Crippen molar-refractivity contribution in [3.05, 3.63) is 36.0 Å². The number of rotatable bonds is 4. The molecule has 0 spiro atoms. The number of nitrogens with one attached hydrogen (secondary N) is 1. The molecule has 0 aliphatic carbocycles. The zero-order chi connectivity index (χ0) is 19.4. The van der Waals surface area contributed by atoms with Gasteiger partial charge in [0, 0.05) is 36.7 Å². The van der Waals surface area contributed by atoms with Crippen LogP contribution in [0.4, 0.5) is 16.3 Å². The number of urea groups is 1. The lowest BCUT2D eigenvalue weighted by Gasteiger charge is -2.26. The number of hydrogen-bond acceptors (Lipinski definition) is 7. The number of morpholine rings is 1. The third-order valence-corrected chi connectivity index (χ3v) is 4.72. The van der Waals surface area contributed by atoms with Gasteiger partial charge in [-0.3, -0.25) is 0 Å². The number of nitrogen functional groups attached to an aromatic ring is 1. The van der Waals surface area contributed by atoms with Crippen LogP contribution in [-0.4, -0.2) is 61.9 Å². The van der Waals surface area contributed by atoms with Crippen LogP contribution >= 0.6 is 0 Å². The lowest BCUT2D eigenvalue weighted by atomic mass is 10.2. The highest BCUT2D eigenvalue weighted by atomic mass is 32.2. The SMILES string of the molecule is CS(=O)(=O)Cc1cc(N)nc(-c2ccc(NC(=O)N3CCOCC3)cc2)n1. The van der Waals surface area contributed by atoms with Gasteiger partial charge in [0.2, 0.25) is 0 Å². The maximum Gasteiger partial charge on any atom is 0.321 e. The normalized spacial score (nSPS) is 14.8. The summed E-state index contributed by atoms with van der Waals surface area (Å²) in [6, 6.07) is 8.22. The molecule has 1 saturated heterocycles. The molecule has 1 aliphatic heterocycles. The van der Waals surface area contributed by atoms with E-state index in [9.17, 15) is 13.2 Å². The zero-order valence-corrected chi connectivity index (χ0v) is 15.7. The van der Waals surface area contributed by atoms with Crippen LogP contribution in [0, 0.1) is 0 Å². The Morgan fingerprint density at radius 2 is 1.89 bits per heavy atom. The van der Waals surface area contributed by atoms with Crippen LogP contribution in [0.2, 0.25) is 0 Å². The van der Waals surface area contributed by atoms with E-state index in [1.54, 1.807) is 29.2 Å². The summed E-state index contributed by atoms with van der Waals surface area (Å²) in [5.41, 5.74) is 7.42. The molecule has 0 unspecified atom stereocenters. The fourth-order valence-electron chi connectivity index (χ4n) is 2.66. The number of carbonyl (C=O) groups excluding carboxylic acids is 1. The van der Waals surface area contributed by atoms with Gasteiger partial charge in [-0.2, -0.15) is 0 Å². The van der Waals surface area contributed by atoms with E-state index in [0.29, 0.717) is 49.1 Å². The van der Waals surface area contributed by atoms with Crippen LogP contribution in [-0.2, 0) is 20.3 Å². The largest absolute Gasteiger partial charge is 0.384 e. The van der Waals surface area contributed by atoms with Crippen LogP contribution in [0.5, 0.6) is 0 Å². The van der Waals surface area contributed by atoms with Crippen molar-refractivity contribution in [2.45, 2.75) is 5.75 Å². The van der Waals surface area contributed by atoms with E-state index in [1.165, 1.54) is 6.07 Å². The van der Waals surface area contributed by atoms with Gasteiger partial charge in [-0.05, 0) is 24.3 Å². The minimum absolute atomic E-state index is 0.179. The quantitative estimate of drug-likeness (QED) is 0.800. The second-order valence-corrected chi connectivity index (χ2v) is 8.42. The number of anilines is 2. The van der Waals surface area contributed by atoms with Crippen molar-refractivity contribution in [3.8, 4) is 11.4 Å².